The number of carbonyl (C=O) groups is 1. The van der Waals surface area contributed by atoms with Crippen molar-refractivity contribution < 1.29 is 19.0 Å². The van der Waals surface area contributed by atoms with Crippen molar-refractivity contribution in [1.29, 1.82) is 0 Å². The maximum Gasteiger partial charge on any atom is 0.404 e. The maximum atomic E-state index is 12.8. The lowest BCUT2D eigenvalue weighted by molar-refractivity contribution is 0.195. The van der Waals surface area contributed by atoms with Crippen LogP contribution in [-0.2, 0) is 0 Å². The zero-order chi connectivity index (χ0) is 18.4. The predicted octanol–water partition coefficient (Wildman–Crippen LogP) is 3.80. The third-order valence-corrected chi connectivity index (χ3v) is 3.63. The summed E-state index contributed by atoms with van der Waals surface area (Å²) < 4.78 is 18.3. The second-order valence-electron chi connectivity index (χ2n) is 5.48. The zero-order valence-electron chi connectivity index (χ0n) is 13.7. The number of benzene rings is 1. The molecular weight excluding hydrogens is 337 g/mol. The summed E-state index contributed by atoms with van der Waals surface area (Å²) in [6.07, 6.45) is 0.843. The molecule has 0 atom stereocenters. The smallest absolute Gasteiger partial charge is 0.404 e. The summed E-state index contributed by atoms with van der Waals surface area (Å²) in [7, 11) is 0. The van der Waals surface area contributed by atoms with E-state index in [0.29, 0.717) is 12.1 Å². The summed E-state index contributed by atoms with van der Waals surface area (Å²) in [6, 6.07) is 14.8. The van der Waals surface area contributed by atoms with E-state index in [1.165, 1.54) is 0 Å². The molecule has 26 heavy (non-hydrogen) atoms. The molecule has 1 aromatic carbocycles. The van der Waals surface area contributed by atoms with Gasteiger partial charge in [0.15, 0.2) is 0 Å². The van der Waals surface area contributed by atoms with Gasteiger partial charge in [-0.25, -0.2) is 14.2 Å². The van der Waals surface area contributed by atoms with E-state index < -0.39 is 6.09 Å². The molecule has 3 aromatic rings. The maximum absolute atomic E-state index is 12.8. The lowest BCUT2D eigenvalue weighted by Gasteiger charge is -2.10. The molecule has 2 aromatic heterocycles. The lowest BCUT2D eigenvalue weighted by Crippen LogP contribution is -2.25. The van der Waals surface area contributed by atoms with E-state index in [1.54, 1.807) is 18.3 Å². The van der Waals surface area contributed by atoms with Gasteiger partial charge in [-0.3, -0.25) is 4.98 Å². The Hall–Kier alpha value is -3.48. The summed E-state index contributed by atoms with van der Waals surface area (Å²) in [6.45, 7) is -0.184. The van der Waals surface area contributed by atoms with Gasteiger partial charge < -0.3 is 15.2 Å². The number of hydrogen-bond acceptors (Lipinski definition) is 4. The minimum absolute atomic E-state index is 0.0538. The summed E-state index contributed by atoms with van der Waals surface area (Å²) >= 11 is 0. The number of pyridine rings is 2. The zero-order valence-corrected chi connectivity index (χ0v) is 13.7. The van der Waals surface area contributed by atoms with Crippen molar-refractivity contribution in [3.63, 3.8) is 0 Å². The van der Waals surface area contributed by atoms with Crippen LogP contribution < -0.4 is 10.1 Å². The van der Waals surface area contributed by atoms with Gasteiger partial charge in [0.25, 0.3) is 0 Å². The van der Waals surface area contributed by atoms with Crippen LogP contribution in [0.15, 0.2) is 66.6 Å². The highest BCUT2D eigenvalue weighted by Gasteiger charge is 2.06. The van der Waals surface area contributed by atoms with Gasteiger partial charge in [-0.2, -0.15) is 0 Å². The minimum Gasteiger partial charge on any atom is -0.489 e. The number of nitrogens with zero attached hydrogens (tertiary/aromatic N) is 2. The first-order chi connectivity index (χ1) is 12.7. The molecule has 0 bridgehead atoms. The van der Waals surface area contributed by atoms with Crippen LogP contribution in [0.1, 0.15) is 0 Å². The van der Waals surface area contributed by atoms with Gasteiger partial charge in [-0.1, -0.05) is 12.1 Å². The van der Waals surface area contributed by atoms with Gasteiger partial charge >= 0.3 is 6.09 Å². The number of nitrogens with one attached hydrogen (secondary N) is 1. The molecule has 0 radical (unpaired) electrons. The van der Waals surface area contributed by atoms with Crippen molar-refractivity contribution >= 4 is 17.0 Å². The number of carboxylic acid groups (broad SMARTS) is 1. The topological polar surface area (TPSA) is 84.3 Å². The third-order valence-electron chi connectivity index (χ3n) is 3.63. The van der Waals surface area contributed by atoms with Gasteiger partial charge in [0.2, 0.25) is 0 Å². The molecule has 132 valence electrons. The quantitative estimate of drug-likeness (QED) is 0.704. The number of ether oxygens (including phenoxy) is 1. The molecule has 1 amide bonds. The summed E-state index contributed by atoms with van der Waals surface area (Å²) in [5, 5.41) is 11.5. The summed E-state index contributed by atoms with van der Waals surface area (Å²) in [5.74, 6) is 0.541. The first-order valence-corrected chi connectivity index (χ1v) is 7.85. The molecule has 2 N–H and O–H groups in total. The Labute approximate surface area is 149 Å². The predicted molar refractivity (Wildman–Crippen MR) is 95.7 cm³/mol. The monoisotopic (exact) mass is 353 g/mol. The second kappa shape index (κ2) is 8.06. The molecule has 3 rings (SSSR count). The number of rotatable bonds is 6. The van der Waals surface area contributed by atoms with Crippen molar-refractivity contribution in [3.8, 4) is 17.1 Å². The lowest BCUT2D eigenvalue weighted by atomic mass is 10.1. The number of hydrogen-bond donors (Lipinski definition) is 2. The minimum atomic E-state index is -1.22. The molecule has 0 aliphatic heterocycles. The highest BCUT2D eigenvalue weighted by atomic mass is 19.1. The normalized spacial score (nSPS) is 11.3. The van der Waals surface area contributed by atoms with Crippen LogP contribution in [0.5, 0.6) is 5.75 Å². The van der Waals surface area contributed by atoms with Crippen molar-refractivity contribution in [2.75, 3.05) is 13.2 Å². The molecule has 7 heteroatoms. The van der Waals surface area contributed by atoms with E-state index in [-0.39, 0.29) is 18.7 Å². The van der Waals surface area contributed by atoms with E-state index in [2.05, 4.69) is 15.3 Å². The van der Waals surface area contributed by atoms with Crippen molar-refractivity contribution in [2.45, 2.75) is 0 Å². The molecular formula is C19H16FN3O3. The van der Waals surface area contributed by atoms with Crippen LogP contribution in [0.2, 0.25) is 0 Å². The van der Waals surface area contributed by atoms with Crippen LogP contribution in [0.25, 0.3) is 22.3 Å². The molecule has 6 nitrogen and oxygen atoms in total. The molecule has 0 saturated carbocycles. The molecule has 0 aliphatic carbocycles. The van der Waals surface area contributed by atoms with Crippen molar-refractivity contribution in [2.24, 2.45) is 0 Å². The van der Waals surface area contributed by atoms with Crippen molar-refractivity contribution in [3.05, 3.63) is 66.6 Å². The summed E-state index contributed by atoms with van der Waals surface area (Å²) in [5.41, 5.74) is 2.54. The Bertz CT molecular complexity index is 945. The van der Waals surface area contributed by atoms with E-state index in [0.717, 1.165) is 22.3 Å². The SMILES string of the molecule is O=C(O)NC/C(=C\F)COc1ccc2nc(-c3ccccn3)ccc2c1. The summed E-state index contributed by atoms with van der Waals surface area (Å²) in [4.78, 5) is 19.3. The fraction of sp³-hybridized carbons (Fsp3) is 0.105. The fourth-order valence-corrected chi connectivity index (χ4v) is 2.34. The van der Waals surface area contributed by atoms with E-state index in [4.69, 9.17) is 9.84 Å². The van der Waals surface area contributed by atoms with Gasteiger partial charge in [0.1, 0.15) is 12.4 Å². The van der Waals surface area contributed by atoms with Crippen LogP contribution in [0.3, 0.4) is 0 Å². The Morgan fingerprint density at radius 2 is 2.08 bits per heavy atom. The van der Waals surface area contributed by atoms with E-state index in [9.17, 15) is 9.18 Å². The first-order valence-electron chi connectivity index (χ1n) is 7.85. The standard InChI is InChI=1S/C19H16FN3O3/c20-10-13(11-22-19(24)25)12-26-15-5-7-16-14(9-15)4-6-18(23-16)17-3-1-2-8-21-17/h1-10,22H,11-12H2,(H,24,25)/b13-10+. The average Bonchev–Trinajstić information content (AvgIpc) is 2.68. The highest BCUT2D eigenvalue weighted by Crippen LogP contribution is 2.23. The number of aromatic nitrogens is 2. The Kier molecular flexibility index (Phi) is 5.38. The van der Waals surface area contributed by atoms with Gasteiger partial charge in [0, 0.05) is 23.7 Å². The van der Waals surface area contributed by atoms with Crippen LogP contribution in [0.4, 0.5) is 9.18 Å². The third kappa shape index (κ3) is 4.32. The van der Waals surface area contributed by atoms with Gasteiger partial charge in [-0.05, 0) is 36.4 Å². The highest BCUT2D eigenvalue weighted by molar-refractivity contribution is 5.82. The molecule has 0 fully saturated rings. The average molecular weight is 353 g/mol. The van der Waals surface area contributed by atoms with E-state index in [1.807, 2.05) is 36.4 Å². The molecule has 2 heterocycles. The number of amides is 1. The van der Waals surface area contributed by atoms with Crippen LogP contribution in [-0.4, -0.2) is 34.3 Å². The van der Waals surface area contributed by atoms with Crippen LogP contribution >= 0.6 is 0 Å². The molecule has 0 saturated heterocycles. The van der Waals surface area contributed by atoms with E-state index >= 15 is 0 Å². The van der Waals surface area contributed by atoms with Gasteiger partial charge in [0.05, 0.1) is 23.2 Å². The van der Waals surface area contributed by atoms with Gasteiger partial charge in [-0.15, -0.1) is 0 Å². The Balaban J connectivity index is 1.72. The molecule has 0 spiro atoms. The van der Waals surface area contributed by atoms with Crippen molar-refractivity contribution in [1.82, 2.24) is 15.3 Å². The first kappa shape index (κ1) is 17.3. The fourth-order valence-electron chi connectivity index (χ4n) is 2.34. The Morgan fingerprint density at radius 3 is 2.81 bits per heavy atom. The molecule has 0 aliphatic rings. The Morgan fingerprint density at radius 1 is 1.19 bits per heavy atom. The largest absolute Gasteiger partial charge is 0.489 e. The van der Waals surface area contributed by atoms with Crippen LogP contribution in [0, 0.1) is 0 Å². The molecule has 0 unspecified atom stereocenters. The number of fused-ring (bicyclic) bond motifs is 1. The second-order valence-corrected chi connectivity index (χ2v) is 5.48. The number of halogens is 1.